The number of aliphatic hydroxyl groups excluding tert-OH is 1. The number of phosphoric acid groups is 1. The summed E-state index contributed by atoms with van der Waals surface area (Å²) in [5.74, 6) is -0.210. The Morgan fingerprint density at radius 2 is 1.08 bits per heavy atom. The topological polar surface area (TPSA) is 131 Å². The van der Waals surface area contributed by atoms with Crippen molar-refractivity contribution in [1.29, 1.82) is 0 Å². The number of hydrogen-bond acceptors (Lipinski definition) is 6. The summed E-state index contributed by atoms with van der Waals surface area (Å²) in [5.41, 5.74) is 5.36. The highest BCUT2D eigenvalue weighted by Gasteiger charge is 2.26. The Labute approximate surface area is 308 Å². The van der Waals surface area contributed by atoms with Gasteiger partial charge in [-0.15, -0.1) is 0 Å². The first-order valence-electron chi connectivity index (χ1n) is 21.0. The van der Waals surface area contributed by atoms with Gasteiger partial charge < -0.3 is 21.1 Å². The Kier molecular flexibility index (Phi) is 37.0. The van der Waals surface area contributed by atoms with Gasteiger partial charge in [-0.1, -0.05) is 199 Å². The van der Waals surface area contributed by atoms with Crippen molar-refractivity contribution in [3.05, 3.63) is 24.3 Å². The summed E-state index contributed by atoms with van der Waals surface area (Å²) in [6.07, 6.45) is 42.4. The van der Waals surface area contributed by atoms with Gasteiger partial charge in [-0.2, -0.15) is 0 Å². The monoisotopic (exact) mass is 729 g/mol. The van der Waals surface area contributed by atoms with Crippen LogP contribution >= 0.6 is 7.82 Å². The first kappa shape index (κ1) is 49.0. The number of hydrogen-bond donors (Lipinski definition) is 4. The quantitative estimate of drug-likeness (QED) is 0.0281. The maximum Gasteiger partial charge on any atom is 0.472 e. The van der Waals surface area contributed by atoms with E-state index in [1.54, 1.807) is 12.2 Å². The fraction of sp³-hybridized carbons (Fsp3) is 0.878. The van der Waals surface area contributed by atoms with Crippen LogP contribution in [0, 0.1) is 0 Å². The highest BCUT2D eigenvalue weighted by molar-refractivity contribution is 7.47. The molecular formula is C41H81N2O6P. The van der Waals surface area contributed by atoms with Crippen molar-refractivity contribution in [2.24, 2.45) is 5.73 Å². The molecule has 0 bridgehead atoms. The van der Waals surface area contributed by atoms with Gasteiger partial charge in [0, 0.05) is 13.0 Å². The van der Waals surface area contributed by atoms with Crippen molar-refractivity contribution in [2.45, 2.75) is 212 Å². The van der Waals surface area contributed by atoms with Crippen LogP contribution in [0.3, 0.4) is 0 Å². The van der Waals surface area contributed by atoms with Gasteiger partial charge in [0.2, 0.25) is 5.91 Å². The summed E-state index contributed by atoms with van der Waals surface area (Å²) in [7, 11) is -4.34. The maximum atomic E-state index is 12.7. The van der Waals surface area contributed by atoms with Crippen molar-refractivity contribution < 1.29 is 28.4 Å². The van der Waals surface area contributed by atoms with Crippen LogP contribution in [0.15, 0.2) is 24.3 Å². The van der Waals surface area contributed by atoms with Crippen LogP contribution in [0.4, 0.5) is 0 Å². The number of rotatable bonds is 39. The highest BCUT2D eigenvalue weighted by atomic mass is 31.2. The Morgan fingerprint density at radius 3 is 1.52 bits per heavy atom. The van der Waals surface area contributed by atoms with Crippen LogP contribution in [0.2, 0.25) is 0 Å². The van der Waals surface area contributed by atoms with Crippen molar-refractivity contribution >= 4 is 13.7 Å². The zero-order valence-corrected chi connectivity index (χ0v) is 33.5. The molecule has 0 saturated carbocycles. The fourth-order valence-corrected chi connectivity index (χ4v) is 6.89. The second kappa shape index (κ2) is 37.7. The maximum absolute atomic E-state index is 12.7. The molecule has 0 aromatic carbocycles. The Hall–Kier alpha value is -1.02. The third-order valence-electron chi connectivity index (χ3n) is 9.34. The van der Waals surface area contributed by atoms with Crippen molar-refractivity contribution in [2.75, 3.05) is 19.8 Å². The average Bonchev–Trinajstić information content (AvgIpc) is 3.10. The van der Waals surface area contributed by atoms with E-state index in [2.05, 4.69) is 25.2 Å². The molecule has 0 aliphatic carbocycles. The Morgan fingerprint density at radius 1 is 0.660 bits per heavy atom. The Bertz CT molecular complexity index is 840. The first-order valence-corrected chi connectivity index (χ1v) is 22.5. The number of phosphoric ester groups is 1. The van der Waals surface area contributed by atoms with Gasteiger partial charge in [-0.25, -0.2) is 4.57 Å². The predicted octanol–water partition coefficient (Wildman–Crippen LogP) is 11.4. The number of nitrogens with one attached hydrogen (secondary N) is 1. The number of carbonyl (C=O) groups excluding carboxylic acids is 1. The summed E-state index contributed by atoms with van der Waals surface area (Å²) in [6.45, 7) is 4.09. The van der Waals surface area contributed by atoms with Crippen LogP contribution in [-0.2, 0) is 18.4 Å². The number of amides is 1. The molecule has 0 radical (unpaired) electrons. The van der Waals surface area contributed by atoms with Crippen LogP contribution in [-0.4, -0.2) is 47.8 Å². The third-order valence-corrected chi connectivity index (χ3v) is 10.3. The second-order valence-electron chi connectivity index (χ2n) is 14.2. The normalized spacial score (nSPS) is 14.4. The van der Waals surface area contributed by atoms with Crippen LogP contribution in [0.25, 0.3) is 0 Å². The van der Waals surface area contributed by atoms with E-state index in [0.717, 1.165) is 32.1 Å². The molecule has 0 aliphatic heterocycles. The molecule has 0 fully saturated rings. The van der Waals surface area contributed by atoms with Gasteiger partial charge in [0.15, 0.2) is 0 Å². The predicted molar refractivity (Wildman–Crippen MR) is 212 cm³/mol. The van der Waals surface area contributed by atoms with Crippen LogP contribution in [0.1, 0.15) is 200 Å². The molecule has 50 heavy (non-hydrogen) atoms. The van der Waals surface area contributed by atoms with E-state index in [1.165, 1.54) is 148 Å². The van der Waals surface area contributed by atoms with Gasteiger partial charge in [0.25, 0.3) is 0 Å². The fourth-order valence-electron chi connectivity index (χ4n) is 6.13. The number of nitrogens with two attached hydrogens (primary N) is 1. The van der Waals surface area contributed by atoms with Gasteiger partial charge in [0.1, 0.15) is 0 Å². The van der Waals surface area contributed by atoms with Crippen molar-refractivity contribution in [1.82, 2.24) is 5.32 Å². The molecule has 9 heteroatoms. The molecule has 0 aromatic rings. The molecule has 0 aliphatic rings. The van der Waals surface area contributed by atoms with Gasteiger partial charge in [-0.05, 0) is 19.3 Å². The zero-order chi connectivity index (χ0) is 36.8. The molecular weight excluding hydrogens is 647 g/mol. The molecule has 0 aromatic heterocycles. The van der Waals surface area contributed by atoms with E-state index < -0.39 is 20.0 Å². The molecule has 8 nitrogen and oxygen atoms in total. The van der Waals surface area contributed by atoms with Gasteiger partial charge >= 0.3 is 7.82 Å². The van der Waals surface area contributed by atoms with E-state index in [9.17, 15) is 19.4 Å². The molecule has 0 spiro atoms. The molecule has 3 atom stereocenters. The summed E-state index contributed by atoms with van der Waals surface area (Å²) < 4.78 is 22.0. The van der Waals surface area contributed by atoms with Gasteiger partial charge in [-0.3, -0.25) is 13.8 Å². The van der Waals surface area contributed by atoms with E-state index in [1.807, 2.05) is 6.08 Å². The summed E-state index contributed by atoms with van der Waals surface area (Å²) in [5, 5.41) is 13.6. The molecule has 0 saturated heterocycles. The summed E-state index contributed by atoms with van der Waals surface area (Å²) in [4.78, 5) is 22.6. The lowest BCUT2D eigenvalue weighted by Crippen LogP contribution is -2.45. The zero-order valence-electron chi connectivity index (χ0n) is 32.6. The second-order valence-corrected chi connectivity index (χ2v) is 15.7. The number of carbonyl (C=O) groups is 1. The lowest BCUT2D eigenvalue weighted by atomic mass is 10.0. The van der Waals surface area contributed by atoms with Gasteiger partial charge in [0.05, 0.1) is 25.4 Å². The van der Waals surface area contributed by atoms with Crippen LogP contribution in [0.5, 0.6) is 0 Å². The van der Waals surface area contributed by atoms with E-state index in [4.69, 9.17) is 14.8 Å². The highest BCUT2D eigenvalue weighted by Crippen LogP contribution is 2.43. The average molecular weight is 729 g/mol. The minimum absolute atomic E-state index is 0.0735. The minimum Gasteiger partial charge on any atom is -0.387 e. The third kappa shape index (κ3) is 35.4. The first-order chi connectivity index (χ1) is 24.4. The standard InChI is InChI=1S/C41H81N2O6P/c1-3-5-7-9-11-13-15-16-17-18-19-20-21-22-23-25-27-29-31-33-35-41(45)43-39(38-49-50(46,47)48-37-36-42)40(44)34-32-30-28-26-24-14-12-10-8-6-4-2/h28,30,32,34,39-40,44H,3-27,29,31,33,35-38,42H2,1-2H3,(H,43,45)(H,46,47)/b30-28+,34-32+/t39-,40+/m0/s1. The Balaban J connectivity index is 4.16. The van der Waals surface area contributed by atoms with Crippen molar-refractivity contribution in [3.8, 4) is 0 Å². The molecule has 0 heterocycles. The lowest BCUT2D eigenvalue weighted by molar-refractivity contribution is -0.123. The van der Waals surface area contributed by atoms with E-state index in [0.29, 0.717) is 6.42 Å². The lowest BCUT2D eigenvalue weighted by Gasteiger charge is -2.23. The molecule has 0 rings (SSSR count). The smallest absolute Gasteiger partial charge is 0.387 e. The number of aliphatic hydroxyl groups is 1. The summed E-state index contributed by atoms with van der Waals surface area (Å²) in [6, 6.07) is -0.887. The van der Waals surface area contributed by atoms with Crippen LogP contribution < -0.4 is 11.1 Å². The molecule has 1 unspecified atom stereocenters. The molecule has 296 valence electrons. The van der Waals surface area contributed by atoms with E-state index in [-0.39, 0.29) is 25.7 Å². The number of unbranched alkanes of at least 4 members (excludes halogenated alkanes) is 26. The summed E-state index contributed by atoms with van der Waals surface area (Å²) >= 11 is 0. The molecule has 1 amide bonds. The minimum atomic E-state index is -4.34. The van der Waals surface area contributed by atoms with Crippen molar-refractivity contribution in [3.63, 3.8) is 0 Å². The molecule has 5 N–H and O–H groups in total. The SMILES string of the molecule is CCCCCCCCC/C=C/C=C/[C@@H](O)[C@H](COP(=O)(O)OCCN)NC(=O)CCCCCCCCCCCCCCCCCCCCCC. The largest absolute Gasteiger partial charge is 0.472 e. The van der Waals surface area contributed by atoms with E-state index >= 15 is 0 Å². The number of allylic oxidation sites excluding steroid dienone is 3.